The smallest absolute Gasteiger partial charge is 0.149 e. The number of pyridine rings is 1. The average Bonchev–Trinajstić information content (AvgIpc) is 3.83. The molecule has 0 aliphatic carbocycles. The van der Waals surface area contributed by atoms with Crippen LogP contribution in [0.2, 0.25) is 0 Å². The predicted molar refractivity (Wildman–Crippen MR) is 283 cm³/mol. The highest BCUT2D eigenvalue weighted by Gasteiger charge is 2.27. The maximum atomic E-state index is 12.6. The summed E-state index contributed by atoms with van der Waals surface area (Å²) in [6.07, 6.45) is 1.57. The fourth-order valence-electron chi connectivity index (χ4n) is 8.74. The van der Waals surface area contributed by atoms with E-state index >= 15 is 0 Å². The van der Waals surface area contributed by atoms with Gasteiger partial charge in [0.15, 0.2) is 0 Å². The van der Waals surface area contributed by atoms with Crippen LogP contribution in [-0.2, 0) is 10.8 Å². The Bertz CT molecular complexity index is 3750. The molecular weight excluding hydrogens is 815 g/mol. The van der Waals surface area contributed by atoms with Crippen molar-refractivity contribution in [2.45, 2.75) is 98.7 Å². The van der Waals surface area contributed by atoms with Crippen LogP contribution in [0.5, 0.6) is 5.75 Å². The van der Waals surface area contributed by atoms with Gasteiger partial charge in [-0.2, -0.15) is 0 Å². The van der Waals surface area contributed by atoms with E-state index in [9.17, 15) is 7.85 Å². The van der Waals surface area contributed by atoms with Gasteiger partial charge in [-0.05, 0) is 139 Å². The van der Waals surface area contributed by atoms with E-state index in [1.807, 2.05) is 83.4 Å². The van der Waals surface area contributed by atoms with Crippen molar-refractivity contribution in [3.8, 4) is 78.6 Å². The minimum atomic E-state index is -2.53. The van der Waals surface area contributed by atoms with Crippen molar-refractivity contribution < 1.29 is 18.8 Å². The van der Waals surface area contributed by atoms with E-state index < -0.39 is 42.2 Å². The molecule has 0 saturated carbocycles. The summed E-state index contributed by atoms with van der Waals surface area (Å²) in [6, 6.07) is 38.2. The molecular formula is C63H63N3O. The number of aromatic nitrogens is 3. The number of nitrogens with zero attached hydrogens (tertiary/aromatic N) is 3. The highest BCUT2D eigenvalue weighted by atomic mass is 16.3. The molecule has 7 aromatic carbocycles. The summed E-state index contributed by atoms with van der Waals surface area (Å²) < 4.78 is 89.9. The van der Waals surface area contributed by atoms with Crippen LogP contribution in [0.25, 0.3) is 83.9 Å². The van der Waals surface area contributed by atoms with Crippen molar-refractivity contribution in [1.82, 2.24) is 14.5 Å². The second kappa shape index (κ2) is 17.6. The van der Waals surface area contributed by atoms with Gasteiger partial charge in [-0.15, -0.1) is 0 Å². The summed E-state index contributed by atoms with van der Waals surface area (Å²) >= 11 is 0. The summed E-state index contributed by atoms with van der Waals surface area (Å²) in [7, 11) is 0. The monoisotopic (exact) mass is 888 g/mol. The number of phenols is 1. The van der Waals surface area contributed by atoms with Crippen molar-refractivity contribution in [2.75, 3.05) is 0 Å². The highest BCUT2D eigenvalue weighted by molar-refractivity contribution is 5.98. The number of hydrogen-bond acceptors (Lipinski definition) is 3. The summed E-state index contributed by atoms with van der Waals surface area (Å²) in [5.74, 6) is -2.34. The van der Waals surface area contributed by atoms with Crippen molar-refractivity contribution >= 4 is 11.0 Å². The molecule has 0 aliphatic rings. The van der Waals surface area contributed by atoms with Gasteiger partial charge in [0.2, 0.25) is 0 Å². The van der Waals surface area contributed by atoms with Crippen molar-refractivity contribution in [2.24, 2.45) is 0 Å². The van der Waals surface area contributed by atoms with Crippen LogP contribution < -0.4 is 0 Å². The van der Waals surface area contributed by atoms with Gasteiger partial charge in [-0.25, -0.2) is 4.98 Å². The Hall–Kier alpha value is -7.04. The molecule has 0 radical (unpaired) electrons. The third-order valence-electron chi connectivity index (χ3n) is 12.6. The number of imidazole rings is 1. The lowest BCUT2D eigenvalue weighted by molar-refractivity contribution is 0.466. The van der Waals surface area contributed by atoms with Crippen molar-refractivity contribution in [3.05, 3.63) is 192 Å². The van der Waals surface area contributed by atoms with Gasteiger partial charge >= 0.3 is 0 Å². The van der Waals surface area contributed by atoms with Crippen LogP contribution in [0.3, 0.4) is 0 Å². The van der Waals surface area contributed by atoms with Gasteiger partial charge in [0.25, 0.3) is 0 Å². The molecule has 1 N–H and O–H groups in total. The number of rotatable bonds is 9. The Kier molecular flexibility index (Phi) is 9.03. The summed E-state index contributed by atoms with van der Waals surface area (Å²) in [5.41, 5.74) is 10.2. The molecule has 0 bridgehead atoms. The molecule has 4 nitrogen and oxygen atoms in total. The van der Waals surface area contributed by atoms with Crippen LogP contribution in [-0.4, -0.2) is 19.6 Å². The first kappa shape index (κ1) is 34.3. The number of hydrogen-bond donors (Lipinski definition) is 1. The summed E-state index contributed by atoms with van der Waals surface area (Å²) in [5, 5.41) is 12.6. The SMILES string of the molecule is [2H]c1c([2H])c([2H])c(-c2ccnc(-c3cc(-c4cccc5c4nc(-c4cc(C([2H])(C)C)cc(C([2H])(C)C)c4O)n5-c4cc(-c5ccccc5)c(C([2H])([2H])[2H])cc4-c4ccc(C(C)(C)C)cc4)cc(C(C)(C)C)c3)c2)c([2H])c1[2H]. The van der Waals surface area contributed by atoms with E-state index in [2.05, 4.69) is 59.7 Å². The van der Waals surface area contributed by atoms with Crippen LogP contribution in [0.4, 0.5) is 0 Å². The first-order valence-electron chi connectivity index (χ1n) is 27.8. The minimum Gasteiger partial charge on any atom is -0.507 e. The molecule has 336 valence electrons. The molecule has 0 unspecified atom stereocenters. The average molecular weight is 888 g/mol. The van der Waals surface area contributed by atoms with Gasteiger partial charge in [-0.1, -0.05) is 178 Å². The van der Waals surface area contributed by atoms with Crippen LogP contribution in [0, 0.1) is 6.85 Å². The quantitative estimate of drug-likeness (QED) is 0.157. The van der Waals surface area contributed by atoms with E-state index in [0.717, 1.165) is 22.3 Å². The van der Waals surface area contributed by atoms with Crippen LogP contribution in [0.15, 0.2) is 164 Å². The Morgan fingerprint density at radius 3 is 1.96 bits per heavy atom. The fraction of sp³-hybridized carbons (Fsp3) is 0.238. The largest absolute Gasteiger partial charge is 0.507 e. The van der Waals surface area contributed by atoms with Crippen molar-refractivity contribution in [1.29, 1.82) is 0 Å². The first-order chi connectivity index (χ1) is 35.8. The predicted octanol–water partition coefficient (Wildman–Crippen LogP) is 17.3. The first-order valence-corrected chi connectivity index (χ1v) is 22.8. The lowest BCUT2D eigenvalue weighted by Crippen LogP contribution is -2.11. The standard InChI is InChI=1S/C63H63N3O/c1-39(2)46-35-52(40(3)4)60(67)55(36-46)61-65-59-51(47-32-48(34-50(33-47)63(9,10)11)56-37-45(29-30-64-56)42-19-14-12-15-20-42)23-18-24-57(59)66(61)58-38-53(43-21-16-13-17-22-43)41(5)31-54(58)44-25-27-49(28-26-44)62(6,7)8/h12-40,67H,1-11H3/i5D3,12D,14D,15D,19D,20D,39D,40D. The van der Waals surface area contributed by atoms with E-state index in [0.29, 0.717) is 72.7 Å². The van der Waals surface area contributed by atoms with Gasteiger partial charge in [0.1, 0.15) is 11.6 Å². The number of aromatic hydroxyl groups is 1. The maximum absolute atomic E-state index is 12.6. The Balaban J connectivity index is 1.41. The fourth-order valence-corrected chi connectivity index (χ4v) is 8.74. The molecule has 67 heavy (non-hydrogen) atoms. The second-order valence-corrected chi connectivity index (χ2v) is 20.0. The zero-order valence-corrected chi connectivity index (χ0v) is 40.0. The van der Waals surface area contributed by atoms with Crippen LogP contribution in [0.1, 0.15) is 123 Å². The topological polar surface area (TPSA) is 50.9 Å². The molecule has 4 heteroatoms. The molecule has 0 spiro atoms. The maximum Gasteiger partial charge on any atom is 0.149 e. The Morgan fingerprint density at radius 2 is 1.28 bits per heavy atom. The number of phenolic OH excluding ortho intramolecular Hbond substituents is 1. The zero-order chi connectivity index (χ0) is 56.1. The number of para-hydroxylation sites is 1. The van der Waals surface area contributed by atoms with E-state index in [1.54, 1.807) is 64.2 Å². The molecule has 0 aliphatic heterocycles. The van der Waals surface area contributed by atoms with E-state index in [-0.39, 0.29) is 39.9 Å². The number of benzene rings is 7. The molecule has 0 saturated heterocycles. The third-order valence-corrected chi connectivity index (χ3v) is 12.6. The van der Waals surface area contributed by atoms with Gasteiger partial charge in [0.05, 0.1) is 34.8 Å². The third kappa shape index (κ3) is 8.86. The van der Waals surface area contributed by atoms with Gasteiger partial charge < -0.3 is 5.11 Å². The zero-order valence-electron chi connectivity index (χ0n) is 50.0. The van der Waals surface area contributed by atoms with Gasteiger partial charge in [0, 0.05) is 29.7 Å². The van der Waals surface area contributed by atoms with E-state index in [4.69, 9.17) is 20.9 Å². The number of fused-ring (bicyclic) bond motifs is 1. The summed E-state index contributed by atoms with van der Waals surface area (Å²) in [6.45, 7) is 17.1. The molecule has 2 aromatic heterocycles. The molecule has 0 amide bonds. The van der Waals surface area contributed by atoms with Gasteiger partial charge in [-0.3, -0.25) is 9.55 Å². The lowest BCUT2D eigenvalue weighted by Gasteiger charge is -2.22. The molecule has 2 heterocycles. The van der Waals surface area contributed by atoms with E-state index in [1.165, 1.54) is 0 Å². The van der Waals surface area contributed by atoms with Crippen LogP contribution >= 0.6 is 0 Å². The van der Waals surface area contributed by atoms with Crippen molar-refractivity contribution in [3.63, 3.8) is 0 Å². The Morgan fingerprint density at radius 1 is 0.582 bits per heavy atom. The second-order valence-electron chi connectivity index (χ2n) is 20.0. The summed E-state index contributed by atoms with van der Waals surface area (Å²) in [4.78, 5) is 10.3. The lowest BCUT2D eigenvalue weighted by atomic mass is 9.83. The normalized spacial score (nSPS) is 14.8. The highest BCUT2D eigenvalue weighted by Crippen LogP contribution is 2.46. The molecule has 9 rings (SSSR count). The number of aryl methyl sites for hydroxylation is 1. The molecule has 9 aromatic rings. The molecule has 0 fully saturated rings. The Labute approximate surface area is 412 Å². The minimum absolute atomic E-state index is 0.0691. The molecule has 0 atom stereocenters.